The van der Waals surface area contributed by atoms with Gasteiger partial charge in [0.15, 0.2) is 5.82 Å². The molecule has 2 atom stereocenters. The molecule has 2 rings (SSSR count). The van der Waals surface area contributed by atoms with E-state index in [0.29, 0.717) is 13.2 Å². The van der Waals surface area contributed by atoms with Gasteiger partial charge in [-0.25, -0.2) is 4.68 Å². The van der Waals surface area contributed by atoms with Gasteiger partial charge in [0.25, 0.3) is 0 Å². The fourth-order valence-electron chi connectivity index (χ4n) is 2.13. The van der Waals surface area contributed by atoms with Crippen LogP contribution < -0.4 is 5.32 Å². The molecule has 0 amide bonds. The Morgan fingerprint density at radius 1 is 1.61 bits per heavy atom. The van der Waals surface area contributed by atoms with Crippen LogP contribution in [-0.4, -0.2) is 53.7 Å². The van der Waals surface area contributed by atoms with Crippen molar-refractivity contribution in [3.63, 3.8) is 0 Å². The summed E-state index contributed by atoms with van der Waals surface area (Å²) in [6, 6.07) is 0.368. The molecule has 1 N–H and O–H groups in total. The molecule has 2 heterocycles. The summed E-state index contributed by atoms with van der Waals surface area (Å²) in [5, 5.41) is 15.3. The molecule has 0 aromatic carbocycles. The monoisotopic (exact) mass is 255 g/mol. The van der Waals surface area contributed by atoms with Crippen molar-refractivity contribution >= 4 is 0 Å². The molecule has 18 heavy (non-hydrogen) atoms. The number of rotatable bonds is 6. The second-order valence-electron chi connectivity index (χ2n) is 4.52. The first-order valence-corrected chi connectivity index (χ1v) is 6.40. The highest BCUT2D eigenvalue weighted by Gasteiger charge is 2.23. The molecule has 0 spiro atoms. The minimum absolute atomic E-state index is 0.108. The Labute approximate surface area is 107 Å². The quantitative estimate of drug-likeness (QED) is 0.738. The maximum Gasteiger partial charge on any atom is 0.168 e. The number of hydrogen-bond acceptors (Lipinski definition) is 6. The van der Waals surface area contributed by atoms with E-state index in [4.69, 9.17) is 9.47 Å². The van der Waals surface area contributed by atoms with E-state index in [9.17, 15) is 0 Å². The van der Waals surface area contributed by atoms with Crippen molar-refractivity contribution in [2.24, 2.45) is 0 Å². The highest BCUT2D eigenvalue weighted by atomic mass is 16.5. The van der Waals surface area contributed by atoms with Crippen LogP contribution in [-0.2, 0) is 9.47 Å². The summed E-state index contributed by atoms with van der Waals surface area (Å²) in [5.41, 5.74) is 0. The summed E-state index contributed by atoms with van der Waals surface area (Å²) >= 11 is 0. The molecule has 1 aliphatic rings. The topological polar surface area (TPSA) is 74.1 Å². The van der Waals surface area contributed by atoms with Crippen molar-refractivity contribution in [2.45, 2.75) is 31.8 Å². The number of aromatic nitrogens is 4. The second kappa shape index (κ2) is 6.77. The van der Waals surface area contributed by atoms with E-state index in [1.54, 1.807) is 7.11 Å². The number of hydrogen-bond donors (Lipinski definition) is 1. The van der Waals surface area contributed by atoms with Gasteiger partial charge in [0.2, 0.25) is 0 Å². The molecule has 7 nitrogen and oxygen atoms in total. The predicted octanol–water partition coefficient (Wildman–Crippen LogP) is 0.322. The van der Waals surface area contributed by atoms with Crippen LogP contribution in [0, 0.1) is 0 Å². The molecule has 2 unspecified atom stereocenters. The first kappa shape index (κ1) is 13.4. The van der Waals surface area contributed by atoms with E-state index >= 15 is 0 Å². The number of tetrazole rings is 1. The summed E-state index contributed by atoms with van der Waals surface area (Å²) in [5.74, 6) is 0.863. The van der Waals surface area contributed by atoms with Crippen molar-refractivity contribution in [1.29, 1.82) is 0 Å². The third kappa shape index (κ3) is 3.24. The molecular weight excluding hydrogens is 234 g/mol. The van der Waals surface area contributed by atoms with Crippen LogP contribution in [0.5, 0.6) is 0 Å². The van der Waals surface area contributed by atoms with E-state index in [1.807, 2.05) is 4.68 Å². The van der Waals surface area contributed by atoms with E-state index in [1.165, 1.54) is 0 Å². The Hall–Kier alpha value is -1.05. The summed E-state index contributed by atoms with van der Waals surface area (Å²) in [4.78, 5) is 0. The molecule has 1 fully saturated rings. The molecular formula is C11H21N5O2. The van der Waals surface area contributed by atoms with Crippen LogP contribution in [0.4, 0.5) is 0 Å². The van der Waals surface area contributed by atoms with Crippen molar-refractivity contribution < 1.29 is 9.47 Å². The fraction of sp³-hybridized carbons (Fsp3) is 0.909. The van der Waals surface area contributed by atoms with Gasteiger partial charge in [-0.05, 0) is 30.2 Å². The zero-order valence-electron chi connectivity index (χ0n) is 11.0. The number of nitrogens with one attached hydrogen (secondary N) is 1. The van der Waals surface area contributed by atoms with Gasteiger partial charge < -0.3 is 14.8 Å². The lowest BCUT2D eigenvalue weighted by Gasteiger charge is -2.24. The van der Waals surface area contributed by atoms with Gasteiger partial charge in [0, 0.05) is 20.3 Å². The van der Waals surface area contributed by atoms with Gasteiger partial charge in [-0.15, -0.1) is 5.10 Å². The Morgan fingerprint density at radius 2 is 2.50 bits per heavy atom. The van der Waals surface area contributed by atoms with Crippen LogP contribution in [0.1, 0.15) is 37.7 Å². The zero-order valence-corrected chi connectivity index (χ0v) is 11.0. The largest absolute Gasteiger partial charge is 0.383 e. The van der Waals surface area contributed by atoms with Gasteiger partial charge in [-0.2, -0.15) is 0 Å². The van der Waals surface area contributed by atoms with Gasteiger partial charge in [0.1, 0.15) is 0 Å². The maximum atomic E-state index is 5.48. The summed E-state index contributed by atoms with van der Waals surface area (Å²) in [6.45, 7) is 5.06. The highest BCUT2D eigenvalue weighted by molar-refractivity contribution is 4.92. The first-order valence-electron chi connectivity index (χ1n) is 6.40. The molecule has 0 radical (unpaired) electrons. The SMILES string of the molecule is COCCNC(C)c1nnnn1C1CCCOC1. The lowest BCUT2D eigenvalue weighted by atomic mass is 10.1. The number of methoxy groups -OCH3 is 1. The molecule has 7 heteroatoms. The Morgan fingerprint density at radius 3 is 3.22 bits per heavy atom. The summed E-state index contributed by atoms with van der Waals surface area (Å²) < 4.78 is 12.4. The lowest BCUT2D eigenvalue weighted by Crippen LogP contribution is -2.29. The Kier molecular flexibility index (Phi) is 5.03. The molecule has 102 valence electrons. The Balaban J connectivity index is 1.97. The van der Waals surface area contributed by atoms with Crippen molar-refractivity contribution in [2.75, 3.05) is 33.5 Å². The first-order chi connectivity index (χ1) is 8.83. The standard InChI is InChI=1S/C11H21N5O2/c1-9(12-5-7-17-2)11-13-14-15-16(11)10-4-3-6-18-8-10/h9-10,12H,3-8H2,1-2H3. The van der Waals surface area contributed by atoms with E-state index in [2.05, 4.69) is 27.8 Å². The lowest BCUT2D eigenvalue weighted by molar-refractivity contribution is 0.0525. The number of nitrogens with zero attached hydrogens (tertiary/aromatic N) is 4. The minimum Gasteiger partial charge on any atom is -0.383 e. The van der Waals surface area contributed by atoms with Crippen molar-refractivity contribution in [3.05, 3.63) is 5.82 Å². The molecule has 0 saturated carbocycles. The number of ether oxygens (including phenoxy) is 2. The predicted molar refractivity (Wildman–Crippen MR) is 65.2 cm³/mol. The smallest absolute Gasteiger partial charge is 0.168 e. The molecule has 1 aromatic rings. The van der Waals surface area contributed by atoms with E-state index < -0.39 is 0 Å². The fourth-order valence-corrected chi connectivity index (χ4v) is 2.13. The van der Waals surface area contributed by atoms with E-state index in [-0.39, 0.29) is 12.1 Å². The molecule has 1 aromatic heterocycles. The highest BCUT2D eigenvalue weighted by Crippen LogP contribution is 2.21. The molecule has 1 saturated heterocycles. The van der Waals surface area contributed by atoms with E-state index in [0.717, 1.165) is 31.8 Å². The average molecular weight is 255 g/mol. The third-order valence-electron chi connectivity index (χ3n) is 3.14. The molecule has 0 aliphatic carbocycles. The normalized spacial score (nSPS) is 22.0. The van der Waals surface area contributed by atoms with Crippen molar-refractivity contribution in [3.8, 4) is 0 Å². The zero-order chi connectivity index (χ0) is 12.8. The maximum absolute atomic E-state index is 5.48. The average Bonchev–Trinajstić information content (AvgIpc) is 2.89. The van der Waals surface area contributed by atoms with Gasteiger partial charge >= 0.3 is 0 Å². The van der Waals surface area contributed by atoms with Crippen LogP contribution in [0.3, 0.4) is 0 Å². The third-order valence-corrected chi connectivity index (χ3v) is 3.14. The summed E-state index contributed by atoms with van der Waals surface area (Å²) in [6.07, 6.45) is 2.14. The van der Waals surface area contributed by atoms with Gasteiger partial charge in [-0.1, -0.05) is 0 Å². The van der Waals surface area contributed by atoms with Crippen LogP contribution in [0.15, 0.2) is 0 Å². The second-order valence-corrected chi connectivity index (χ2v) is 4.52. The van der Waals surface area contributed by atoms with Gasteiger partial charge in [-0.3, -0.25) is 0 Å². The van der Waals surface area contributed by atoms with Gasteiger partial charge in [0.05, 0.1) is 25.3 Å². The minimum atomic E-state index is 0.108. The molecule has 1 aliphatic heterocycles. The van der Waals surface area contributed by atoms with Crippen LogP contribution in [0.25, 0.3) is 0 Å². The van der Waals surface area contributed by atoms with Crippen LogP contribution >= 0.6 is 0 Å². The van der Waals surface area contributed by atoms with Crippen LogP contribution in [0.2, 0.25) is 0 Å². The molecule has 0 bridgehead atoms. The Bertz CT molecular complexity index is 351. The van der Waals surface area contributed by atoms with Crippen molar-refractivity contribution in [1.82, 2.24) is 25.5 Å². The summed E-state index contributed by atoms with van der Waals surface area (Å²) in [7, 11) is 1.69.